The fourth-order valence-corrected chi connectivity index (χ4v) is 3.81. The van der Waals surface area contributed by atoms with Crippen molar-refractivity contribution in [2.75, 3.05) is 0 Å². The van der Waals surface area contributed by atoms with Crippen LogP contribution in [0.3, 0.4) is 0 Å². The minimum absolute atomic E-state index is 0.327. The van der Waals surface area contributed by atoms with Crippen molar-refractivity contribution in [3.63, 3.8) is 0 Å². The van der Waals surface area contributed by atoms with Gasteiger partial charge in [0.25, 0.3) is 0 Å². The Hall–Kier alpha value is -1.39. The number of fused-ring (bicyclic) bond motifs is 3. The first-order valence-corrected chi connectivity index (χ1v) is 7.20. The van der Waals surface area contributed by atoms with Gasteiger partial charge in [0.05, 0.1) is 5.56 Å². The van der Waals surface area contributed by atoms with Crippen LogP contribution in [0, 0.1) is 0 Å². The highest BCUT2D eigenvalue weighted by Gasteiger charge is 2.13. The van der Waals surface area contributed by atoms with Gasteiger partial charge in [0.15, 0.2) is 0 Å². The molecule has 0 bridgehead atoms. The van der Waals surface area contributed by atoms with Crippen LogP contribution in [-0.4, -0.2) is 11.1 Å². The molecule has 19 heavy (non-hydrogen) atoms. The highest BCUT2D eigenvalue weighted by Crippen LogP contribution is 2.35. The third-order valence-electron chi connectivity index (χ3n) is 3.10. The fraction of sp³-hybridized carbons (Fsp3) is 0. The molecular formula is C15H8Br2O2. The summed E-state index contributed by atoms with van der Waals surface area (Å²) in [5.41, 5.74) is 0.327. The molecule has 0 radical (unpaired) electrons. The monoisotopic (exact) mass is 378 g/mol. The van der Waals surface area contributed by atoms with E-state index >= 15 is 0 Å². The number of hydrogen-bond donors (Lipinski definition) is 1. The predicted molar refractivity (Wildman–Crippen MR) is 83.8 cm³/mol. The van der Waals surface area contributed by atoms with Gasteiger partial charge in [-0.2, -0.15) is 0 Å². The van der Waals surface area contributed by atoms with Crippen molar-refractivity contribution in [2.24, 2.45) is 0 Å². The van der Waals surface area contributed by atoms with E-state index in [4.69, 9.17) is 0 Å². The van der Waals surface area contributed by atoms with Crippen LogP contribution < -0.4 is 0 Å². The molecule has 0 atom stereocenters. The maximum Gasteiger partial charge on any atom is 0.336 e. The van der Waals surface area contributed by atoms with Gasteiger partial charge in [-0.1, -0.05) is 56.1 Å². The maximum atomic E-state index is 11.4. The summed E-state index contributed by atoms with van der Waals surface area (Å²) in [5.74, 6) is -0.908. The standard InChI is InChI=1S/C15H8Br2O2/c16-9-5-8-6-12(15(18)19)10-3-1-2-4-11(10)14(8)13(17)7-9/h1-7H,(H,18,19). The Bertz CT molecular complexity index is 825. The maximum absolute atomic E-state index is 11.4. The van der Waals surface area contributed by atoms with E-state index in [1.807, 2.05) is 36.4 Å². The Labute approximate surface area is 126 Å². The van der Waals surface area contributed by atoms with Crippen LogP contribution in [0.1, 0.15) is 10.4 Å². The SMILES string of the molecule is O=C(O)c1cc2cc(Br)cc(Br)c2c2ccccc12. The first-order valence-electron chi connectivity index (χ1n) is 5.62. The van der Waals surface area contributed by atoms with Crippen LogP contribution in [0.4, 0.5) is 0 Å². The second kappa shape index (κ2) is 4.62. The molecule has 1 N–H and O–H groups in total. The minimum atomic E-state index is -0.908. The van der Waals surface area contributed by atoms with Gasteiger partial charge in [0.2, 0.25) is 0 Å². The molecule has 0 spiro atoms. The molecule has 2 nitrogen and oxygen atoms in total. The molecule has 0 heterocycles. The summed E-state index contributed by atoms with van der Waals surface area (Å²) < 4.78 is 1.86. The number of carboxylic acid groups (broad SMARTS) is 1. The summed E-state index contributed by atoms with van der Waals surface area (Å²) in [7, 11) is 0. The summed E-state index contributed by atoms with van der Waals surface area (Å²) >= 11 is 6.98. The molecule has 0 saturated heterocycles. The number of halogens is 2. The van der Waals surface area contributed by atoms with Gasteiger partial charge >= 0.3 is 5.97 Å². The molecule has 3 aromatic carbocycles. The zero-order chi connectivity index (χ0) is 13.6. The topological polar surface area (TPSA) is 37.3 Å². The van der Waals surface area contributed by atoms with Crippen molar-refractivity contribution in [3.8, 4) is 0 Å². The molecular weight excluding hydrogens is 372 g/mol. The van der Waals surface area contributed by atoms with E-state index in [0.29, 0.717) is 5.56 Å². The highest BCUT2D eigenvalue weighted by atomic mass is 79.9. The third kappa shape index (κ3) is 2.05. The number of benzene rings is 3. The third-order valence-corrected chi connectivity index (χ3v) is 4.19. The van der Waals surface area contributed by atoms with Crippen LogP contribution in [0.25, 0.3) is 21.5 Å². The summed E-state index contributed by atoms with van der Waals surface area (Å²) in [5, 5.41) is 13.0. The van der Waals surface area contributed by atoms with Gasteiger partial charge in [-0.25, -0.2) is 4.79 Å². The smallest absolute Gasteiger partial charge is 0.336 e. The summed E-state index contributed by atoms with van der Waals surface area (Å²) in [4.78, 5) is 11.4. The highest BCUT2D eigenvalue weighted by molar-refractivity contribution is 9.11. The van der Waals surface area contributed by atoms with Crippen molar-refractivity contribution >= 4 is 59.4 Å². The molecule has 0 amide bonds. The summed E-state index contributed by atoms with van der Waals surface area (Å²) in [6.07, 6.45) is 0. The van der Waals surface area contributed by atoms with Gasteiger partial charge in [0, 0.05) is 14.3 Å². The average Bonchev–Trinajstić information content (AvgIpc) is 2.36. The lowest BCUT2D eigenvalue weighted by atomic mass is 9.97. The quantitative estimate of drug-likeness (QED) is 0.589. The van der Waals surface area contributed by atoms with Gasteiger partial charge in [-0.15, -0.1) is 0 Å². The number of carbonyl (C=O) groups is 1. The average molecular weight is 380 g/mol. The van der Waals surface area contributed by atoms with E-state index in [1.165, 1.54) is 0 Å². The lowest BCUT2D eigenvalue weighted by Gasteiger charge is -2.10. The molecule has 0 aromatic heterocycles. The largest absolute Gasteiger partial charge is 0.478 e. The molecule has 0 aliphatic heterocycles. The second-order valence-corrected chi connectivity index (χ2v) is 6.03. The van der Waals surface area contributed by atoms with Crippen molar-refractivity contribution < 1.29 is 9.90 Å². The van der Waals surface area contributed by atoms with Crippen LogP contribution >= 0.6 is 31.9 Å². The number of carboxylic acids is 1. The van der Waals surface area contributed by atoms with Crippen LogP contribution in [0.5, 0.6) is 0 Å². The first kappa shape index (κ1) is 12.6. The molecule has 0 aliphatic rings. The van der Waals surface area contributed by atoms with Gasteiger partial charge in [-0.05, 0) is 34.4 Å². The molecule has 3 rings (SSSR count). The van der Waals surface area contributed by atoms with E-state index in [2.05, 4.69) is 31.9 Å². The van der Waals surface area contributed by atoms with Crippen molar-refractivity contribution in [3.05, 3.63) is 57.0 Å². The summed E-state index contributed by atoms with van der Waals surface area (Å²) in [6, 6.07) is 13.2. The Kier molecular flexibility index (Phi) is 3.07. The Morgan fingerprint density at radius 2 is 1.68 bits per heavy atom. The number of aromatic carboxylic acids is 1. The Morgan fingerprint density at radius 1 is 1.00 bits per heavy atom. The van der Waals surface area contributed by atoms with Crippen LogP contribution in [0.2, 0.25) is 0 Å². The molecule has 0 aliphatic carbocycles. The van der Waals surface area contributed by atoms with Crippen molar-refractivity contribution in [2.45, 2.75) is 0 Å². The normalized spacial score (nSPS) is 11.1. The Balaban J connectivity index is 2.61. The van der Waals surface area contributed by atoms with Gasteiger partial charge in [-0.3, -0.25) is 0 Å². The lowest BCUT2D eigenvalue weighted by Crippen LogP contribution is -1.98. The predicted octanol–water partition coefficient (Wildman–Crippen LogP) is 5.22. The fourth-order valence-electron chi connectivity index (χ4n) is 2.34. The molecule has 0 fully saturated rings. The number of rotatable bonds is 1. The molecule has 0 saturated carbocycles. The van der Waals surface area contributed by atoms with E-state index in [-0.39, 0.29) is 0 Å². The van der Waals surface area contributed by atoms with Gasteiger partial charge in [0.1, 0.15) is 0 Å². The molecule has 0 unspecified atom stereocenters. The number of hydrogen-bond acceptors (Lipinski definition) is 1. The van der Waals surface area contributed by atoms with E-state index in [0.717, 1.165) is 30.5 Å². The zero-order valence-corrected chi connectivity index (χ0v) is 12.8. The Morgan fingerprint density at radius 3 is 2.37 bits per heavy atom. The zero-order valence-electron chi connectivity index (χ0n) is 9.65. The van der Waals surface area contributed by atoms with Crippen molar-refractivity contribution in [1.29, 1.82) is 0 Å². The van der Waals surface area contributed by atoms with Gasteiger partial charge < -0.3 is 5.11 Å². The second-order valence-electron chi connectivity index (χ2n) is 4.26. The molecule has 94 valence electrons. The summed E-state index contributed by atoms with van der Waals surface area (Å²) in [6.45, 7) is 0. The van der Waals surface area contributed by atoms with E-state index in [1.54, 1.807) is 6.07 Å². The van der Waals surface area contributed by atoms with Crippen LogP contribution in [-0.2, 0) is 0 Å². The molecule has 4 heteroatoms. The first-order chi connectivity index (χ1) is 9.08. The lowest BCUT2D eigenvalue weighted by molar-refractivity contribution is 0.0699. The van der Waals surface area contributed by atoms with E-state index < -0.39 is 5.97 Å². The van der Waals surface area contributed by atoms with Crippen LogP contribution in [0.15, 0.2) is 51.4 Å². The van der Waals surface area contributed by atoms with Crippen molar-refractivity contribution in [1.82, 2.24) is 0 Å². The van der Waals surface area contributed by atoms with E-state index in [9.17, 15) is 9.90 Å². The molecule has 3 aromatic rings. The minimum Gasteiger partial charge on any atom is -0.478 e.